The molecule has 0 spiro atoms. The van der Waals surface area contributed by atoms with Gasteiger partial charge in [-0.05, 0) is 56.2 Å². The van der Waals surface area contributed by atoms with Gasteiger partial charge >= 0.3 is 5.97 Å². The van der Waals surface area contributed by atoms with Crippen LogP contribution in [0.2, 0.25) is 0 Å². The van der Waals surface area contributed by atoms with Crippen molar-refractivity contribution in [2.45, 2.75) is 30.7 Å². The van der Waals surface area contributed by atoms with Crippen molar-refractivity contribution < 1.29 is 9.90 Å². The van der Waals surface area contributed by atoms with E-state index in [0.717, 1.165) is 10.6 Å². The molecule has 1 N–H and O–H groups in total. The summed E-state index contributed by atoms with van der Waals surface area (Å²) in [6.07, 6.45) is 0. The fourth-order valence-corrected chi connectivity index (χ4v) is 2.71. The average Bonchev–Trinajstić information content (AvgIpc) is 2.33. The molecule has 2 rings (SSSR count). The van der Waals surface area contributed by atoms with Gasteiger partial charge in [0, 0.05) is 10.6 Å². The highest BCUT2D eigenvalue weighted by atomic mass is 32.2. The summed E-state index contributed by atoms with van der Waals surface area (Å²) in [7, 11) is 0. The summed E-state index contributed by atoms with van der Waals surface area (Å²) in [5.41, 5.74) is 3.47. The number of carboxylic acid groups (broad SMARTS) is 1. The van der Waals surface area contributed by atoms with Crippen LogP contribution in [-0.4, -0.2) is 16.1 Å². The van der Waals surface area contributed by atoms with E-state index in [1.165, 1.54) is 22.9 Å². The molecular weight excluding hydrogens is 258 g/mol. The fourth-order valence-electron chi connectivity index (χ4n) is 1.66. The Labute approximate surface area is 116 Å². The number of aryl methyl sites for hydroxylation is 3. The van der Waals surface area contributed by atoms with Crippen LogP contribution < -0.4 is 0 Å². The predicted octanol–water partition coefficient (Wildman–Crippen LogP) is 3.86. The van der Waals surface area contributed by atoms with Gasteiger partial charge in [-0.15, -0.1) is 0 Å². The first-order chi connectivity index (χ1) is 8.97. The van der Waals surface area contributed by atoms with Gasteiger partial charge in [-0.25, -0.2) is 9.78 Å². The first kappa shape index (κ1) is 13.6. The zero-order valence-corrected chi connectivity index (χ0v) is 11.9. The monoisotopic (exact) mass is 273 g/mol. The van der Waals surface area contributed by atoms with E-state index >= 15 is 0 Å². The normalized spacial score (nSPS) is 10.5. The van der Waals surface area contributed by atoms with Gasteiger partial charge in [0.15, 0.2) is 0 Å². The highest BCUT2D eigenvalue weighted by Gasteiger charge is 2.13. The average molecular weight is 273 g/mol. The Bertz CT molecular complexity index is 638. The van der Waals surface area contributed by atoms with Crippen molar-refractivity contribution >= 4 is 17.7 Å². The third-order valence-electron chi connectivity index (χ3n) is 2.92. The lowest BCUT2D eigenvalue weighted by Gasteiger charge is -2.07. The molecule has 0 aliphatic rings. The van der Waals surface area contributed by atoms with Crippen LogP contribution in [0.3, 0.4) is 0 Å². The molecule has 4 heteroatoms. The zero-order chi connectivity index (χ0) is 14.0. The predicted molar refractivity (Wildman–Crippen MR) is 76.0 cm³/mol. The van der Waals surface area contributed by atoms with Crippen molar-refractivity contribution in [1.29, 1.82) is 0 Å². The number of rotatable bonds is 3. The van der Waals surface area contributed by atoms with Crippen LogP contribution in [0.5, 0.6) is 0 Å². The van der Waals surface area contributed by atoms with Crippen molar-refractivity contribution in [2.75, 3.05) is 0 Å². The Kier molecular flexibility index (Phi) is 3.90. The van der Waals surface area contributed by atoms with E-state index < -0.39 is 5.97 Å². The molecule has 0 radical (unpaired) electrons. The van der Waals surface area contributed by atoms with E-state index in [1.807, 2.05) is 26.0 Å². The molecule has 0 unspecified atom stereocenters. The molecule has 0 fully saturated rings. The molecule has 2 aromatic rings. The topological polar surface area (TPSA) is 50.2 Å². The first-order valence-electron chi connectivity index (χ1n) is 5.93. The molecule has 3 nitrogen and oxygen atoms in total. The van der Waals surface area contributed by atoms with Gasteiger partial charge in [0.2, 0.25) is 0 Å². The third-order valence-corrected chi connectivity index (χ3v) is 3.92. The van der Waals surface area contributed by atoms with Crippen molar-refractivity contribution in [1.82, 2.24) is 4.98 Å². The van der Waals surface area contributed by atoms with Crippen LogP contribution >= 0.6 is 11.8 Å². The largest absolute Gasteiger partial charge is 0.478 e. The zero-order valence-electron chi connectivity index (χ0n) is 11.1. The highest BCUT2D eigenvalue weighted by molar-refractivity contribution is 7.99. The Morgan fingerprint density at radius 1 is 1.11 bits per heavy atom. The van der Waals surface area contributed by atoms with Gasteiger partial charge in [0.25, 0.3) is 0 Å². The molecule has 0 saturated heterocycles. The van der Waals surface area contributed by atoms with E-state index in [1.54, 1.807) is 12.1 Å². The highest BCUT2D eigenvalue weighted by Crippen LogP contribution is 2.30. The van der Waals surface area contributed by atoms with E-state index in [4.69, 9.17) is 0 Å². The lowest BCUT2D eigenvalue weighted by atomic mass is 10.1. The van der Waals surface area contributed by atoms with Gasteiger partial charge in [-0.1, -0.05) is 17.8 Å². The molecule has 1 aromatic carbocycles. The first-order valence-corrected chi connectivity index (χ1v) is 6.75. The van der Waals surface area contributed by atoms with E-state index in [9.17, 15) is 9.90 Å². The minimum atomic E-state index is -0.946. The minimum Gasteiger partial charge on any atom is -0.478 e. The molecule has 1 aromatic heterocycles. The molecular formula is C15H15NO2S. The maximum Gasteiger partial charge on any atom is 0.338 e. The summed E-state index contributed by atoms with van der Waals surface area (Å²) in [6.45, 7) is 5.95. The van der Waals surface area contributed by atoms with E-state index in [2.05, 4.69) is 18.0 Å². The Morgan fingerprint density at radius 3 is 2.47 bits per heavy atom. The van der Waals surface area contributed by atoms with Crippen LogP contribution in [0.25, 0.3) is 0 Å². The summed E-state index contributed by atoms with van der Waals surface area (Å²) in [4.78, 5) is 16.5. The lowest BCUT2D eigenvalue weighted by Crippen LogP contribution is -2.01. The summed E-state index contributed by atoms with van der Waals surface area (Å²) in [5, 5.41) is 9.72. The number of pyridine rings is 1. The minimum absolute atomic E-state index is 0.244. The second-order valence-corrected chi connectivity index (χ2v) is 5.52. The Balaban J connectivity index is 2.39. The molecule has 98 valence electrons. The third kappa shape index (κ3) is 3.15. The summed E-state index contributed by atoms with van der Waals surface area (Å²) >= 11 is 1.39. The number of hydrogen-bond acceptors (Lipinski definition) is 3. The number of hydrogen-bond donors (Lipinski definition) is 1. The van der Waals surface area contributed by atoms with Crippen molar-refractivity contribution in [3.8, 4) is 0 Å². The van der Waals surface area contributed by atoms with Crippen molar-refractivity contribution in [2.24, 2.45) is 0 Å². The molecule has 0 aliphatic heterocycles. The number of aromatic nitrogens is 1. The Morgan fingerprint density at radius 2 is 1.84 bits per heavy atom. The van der Waals surface area contributed by atoms with Crippen LogP contribution in [0, 0.1) is 20.8 Å². The van der Waals surface area contributed by atoms with Crippen LogP contribution in [0.1, 0.15) is 27.2 Å². The maximum atomic E-state index is 11.2. The maximum absolute atomic E-state index is 11.2. The number of benzene rings is 1. The number of carboxylic acids is 1. The summed E-state index contributed by atoms with van der Waals surface area (Å²) in [6, 6.07) is 9.40. The smallest absolute Gasteiger partial charge is 0.338 e. The second-order valence-electron chi connectivity index (χ2n) is 4.46. The number of aromatic carboxylic acids is 1. The molecule has 0 bridgehead atoms. The fraction of sp³-hybridized carbons (Fsp3) is 0.200. The standard InChI is InChI=1S/C15H15NO2S/c1-9-4-6-12(8-10(9)2)19-14-13(15(17)18)7-5-11(3)16-14/h4-8H,1-3H3,(H,17,18). The molecule has 0 atom stereocenters. The molecule has 0 aliphatic carbocycles. The van der Waals surface area contributed by atoms with Crippen molar-refractivity contribution in [3.63, 3.8) is 0 Å². The molecule has 0 saturated carbocycles. The lowest BCUT2D eigenvalue weighted by molar-refractivity contribution is 0.0692. The van der Waals surface area contributed by atoms with Gasteiger partial charge in [0.05, 0.1) is 5.56 Å². The van der Waals surface area contributed by atoms with Gasteiger partial charge < -0.3 is 5.11 Å². The van der Waals surface area contributed by atoms with Gasteiger partial charge in [-0.2, -0.15) is 0 Å². The summed E-state index contributed by atoms with van der Waals surface area (Å²) < 4.78 is 0. The molecule has 0 amide bonds. The number of nitrogens with zero attached hydrogens (tertiary/aromatic N) is 1. The van der Waals surface area contributed by atoms with Gasteiger partial charge in [-0.3, -0.25) is 0 Å². The Hall–Kier alpha value is -1.81. The van der Waals surface area contributed by atoms with E-state index in [0.29, 0.717) is 5.03 Å². The van der Waals surface area contributed by atoms with Crippen molar-refractivity contribution in [3.05, 3.63) is 52.7 Å². The molecule has 19 heavy (non-hydrogen) atoms. The number of carbonyl (C=O) groups is 1. The van der Waals surface area contributed by atoms with Crippen LogP contribution in [0.15, 0.2) is 40.3 Å². The second kappa shape index (κ2) is 5.45. The quantitative estimate of drug-likeness (QED) is 0.922. The van der Waals surface area contributed by atoms with E-state index in [-0.39, 0.29) is 5.56 Å². The van der Waals surface area contributed by atoms with Gasteiger partial charge in [0.1, 0.15) is 5.03 Å². The molecule has 1 heterocycles. The van der Waals surface area contributed by atoms with Crippen LogP contribution in [-0.2, 0) is 0 Å². The summed E-state index contributed by atoms with van der Waals surface area (Å²) in [5.74, 6) is -0.946. The van der Waals surface area contributed by atoms with Crippen LogP contribution in [0.4, 0.5) is 0 Å². The SMILES string of the molecule is Cc1ccc(C(=O)O)c(Sc2ccc(C)c(C)c2)n1.